The van der Waals surface area contributed by atoms with Crippen LogP contribution in [0.5, 0.6) is 0 Å². The molecular formula is C24H28ClN3O2S. The molecule has 0 unspecified atom stereocenters. The van der Waals surface area contributed by atoms with Crippen LogP contribution in [0.15, 0.2) is 58.5 Å². The van der Waals surface area contributed by atoms with Gasteiger partial charge in [-0.25, -0.2) is 8.42 Å². The summed E-state index contributed by atoms with van der Waals surface area (Å²) in [6.45, 7) is 8.56. The third-order valence-corrected chi connectivity index (χ3v) is 8.02. The number of piperidine rings is 1. The molecule has 31 heavy (non-hydrogen) atoms. The summed E-state index contributed by atoms with van der Waals surface area (Å²) in [5.41, 5.74) is 2.59. The molecule has 1 aliphatic heterocycles. The molecule has 0 aliphatic carbocycles. The van der Waals surface area contributed by atoms with E-state index < -0.39 is 9.84 Å². The fourth-order valence-electron chi connectivity index (χ4n) is 4.06. The molecule has 0 atom stereocenters. The van der Waals surface area contributed by atoms with Crippen LogP contribution < -0.4 is 5.32 Å². The molecule has 5 nitrogen and oxygen atoms in total. The lowest BCUT2D eigenvalue weighted by Gasteiger charge is -2.35. The van der Waals surface area contributed by atoms with Crippen LogP contribution in [0, 0.1) is 6.92 Å². The molecule has 0 bridgehead atoms. The molecule has 1 aliphatic rings. The van der Waals surface area contributed by atoms with E-state index in [9.17, 15) is 8.42 Å². The van der Waals surface area contributed by atoms with E-state index in [4.69, 9.17) is 11.6 Å². The maximum absolute atomic E-state index is 13.3. The number of aromatic nitrogens is 1. The van der Waals surface area contributed by atoms with Crippen molar-refractivity contribution >= 4 is 38.0 Å². The van der Waals surface area contributed by atoms with Gasteiger partial charge < -0.3 is 10.2 Å². The fraction of sp³-hybridized carbons (Fsp3) is 0.375. The largest absolute Gasteiger partial charge is 0.382 e. The van der Waals surface area contributed by atoms with Gasteiger partial charge in [0.05, 0.1) is 15.3 Å². The first-order valence-electron chi connectivity index (χ1n) is 10.7. The van der Waals surface area contributed by atoms with E-state index >= 15 is 0 Å². The molecule has 2 heterocycles. The van der Waals surface area contributed by atoms with Crippen LogP contribution >= 0.6 is 11.6 Å². The van der Waals surface area contributed by atoms with Crippen molar-refractivity contribution in [2.45, 2.75) is 55.5 Å². The Kier molecular flexibility index (Phi) is 6.24. The van der Waals surface area contributed by atoms with Crippen LogP contribution in [0.25, 0.3) is 10.9 Å². The first-order chi connectivity index (χ1) is 14.7. The van der Waals surface area contributed by atoms with E-state index in [1.54, 1.807) is 36.4 Å². The van der Waals surface area contributed by atoms with Gasteiger partial charge in [0.2, 0.25) is 9.84 Å². The number of aryl methyl sites for hydroxylation is 1. The van der Waals surface area contributed by atoms with Crippen molar-refractivity contribution in [3.63, 3.8) is 0 Å². The van der Waals surface area contributed by atoms with E-state index in [-0.39, 0.29) is 9.79 Å². The molecule has 3 aromatic rings. The molecule has 0 radical (unpaired) electrons. The average Bonchev–Trinajstić information content (AvgIpc) is 2.75. The Balaban J connectivity index is 1.59. The van der Waals surface area contributed by atoms with E-state index in [1.165, 1.54) is 6.20 Å². The van der Waals surface area contributed by atoms with E-state index in [0.717, 1.165) is 42.6 Å². The smallest absolute Gasteiger partial charge is 0.208 e. The number of hydrogen-bond acceptors (Lipinski definition) is 5. The van der Waals surface area contributed by atoms with Crippen molar-refractivity contribution in [1.82, 2.24) is 9.88 Å². The Morgan fingerprint density at radius 3 is 2.52 bits per heavy atom. The Morgan fingerprint density at radius 1 is 1.06 bits per heavy atom. The number of fused-ring (bicyclic) bond motifs is 1. The standard InChI is InChI=1S/C24H28ClN3O2S/c1-16(2)28-10-8-20(9-11-28)27-23-14-21(7-4-17(23)3)31(29,30)22-12-18-5-6-19(25)13-24(18)26-15-22/h4-7,12-16,20,27H,8-11H2,1-3H3. The second-order valence-corrected chi connectivity index (χ2v) is 10.9. The summed E-state index contributed by atoms with van der Waals surface area (Å²) in [6.07, 6.45) is 3.50. The Morgan fingerprint density at radius 2 is 1.81 bits per heavy atom. The highest BCUT2D eigenvalue weighted by Crippen LogP contribution is 2.29. The minimum Gasteiger partial charge on any atom is -0.382 e. The number of benzene rings is 2. The predicted octanol–water partition coefficient (Wildman–Crippen LogP) is 5.31. The summed E-state index contributed by atoms with van der Waals surface area (Å²) in [6, 6.07) is 13.1. The zero-order chi connectivity index (χ0) is 22.2. The molecule has 1 aromatic heterocycles. The van der Waals surface area contributed by atoms with Crippen molar-refractivity contribution in [3.8, 4) is 0 Å². The van der Waals surface area contributed by atoms with Gasteiger partial charge in [-0.2, -0.15) is 0 Å². The van der Waals surface area contributed by atoms with Crippen LogP contribution in [0.3, 0.4) is 0 Å². The summed E-state index contributed by atoms with van der Waals surface area (Å²) < 4.78 is 26.6. The van der Waals surface area contributed by atoms with E-state index in [0.29, 0.717) is 22.6 Å². The zero-order valence-electron chi connectivity index (χ0n) is 18.1. The molecule has 164 valence electrons. The van der Waals surface area contributed by atoms with Gasteiger partial charge in [-0.05, 0) is 69.5 Å². The van der Waals surface area contributed by atoms with Gasteiger partial charge in [0, 0.05) is 47.5 Å². The lowest BCUT2D eigenvalue weighted by molar-refractivity contribution is 0.177. The Hall–Kier alpha value is -2.15. The van der Waals surface area contributed by atoms with Crippen LogP contribution in [0.2, 0.25) is 5.02 Å². The predicted molar refractivity (Wildman–Crippen MR) is 127 cm³/mol. The Labute approximate surface area is 189 Å². The normalized spacial score (nSPS) is 16.2. The summed E-state index contributed by atoms with van der Waals surface area (Å²) in [7, 11) is -3.68. The molecular weight excluding hydrogens is 430 g/mol. The number of hydrogen-bond donors (Lipinski definition) is 1. The van der Waals surface area contributed by atoms with Gasteiger partial charge >= 0.3 is 0 Å². The number of sulfone groups is 1. The van der Waals surface area contributed by atoms with Crippen molar-refractivity contribution < 1.29 is 8.42 Å². The molecule has 1 N–H and O–H groups in total. The number of nitrogens with one attached hydrogen (secondary N) is 1. The summed E-state index contributed by atoms with van der Waals surface area (Å²) in [5, 5.41) is 4.90. The van der Waals surface area contributed by atoms with Crippen molar-refractivity contribution in [3.05, 3.63) is 59.2 Å². The molecule has 0 amide bonds. The topological polar surface area (TPSA) is 62.3 Å². The van der Waals surface area contributed by atoms with Crippen LogP contribution in [0.1, 0.15) is 32.3 Å². The van der Waals surface area contributed by atoms with Crippen molar-refractivity contribution in [2.24, 2.45) is 0 Å². The van der Waals surface area contributed by atoms with Gasteiger partial charge in [0.15, 0.2) is 0 Å². The summed E-state index contributed by atoms with van der Waals surface area (Å²) in [4.78, 5) is 7.24. The van der Waals surface area contributed by atoms with Gasteiger partial charge in [-0.3, -0.25) is 4.98 Å². The SMILES string of the molecule is Cc1ccc(S(=O)(=O)c2cnc3cc(Cl)ccc3c2)cc1NC1CCN(C(C)C)CC1. The maximum atomic E-state index is 13.3. The molecule has 0 saturated carbocycles. The second kappa shape index (κ2) is 8.77. The highest BCUT2D eigenvalue weighted by Gasteiger charge is 2.23. The average molecular weight is 458 g/mol. The van der Waals surface area contributed by atoms with Gasteiger partial charge in [-0.1, -0.05) is 23.7 Å². The minimum absolute atomic E-state index is 0.183. The monoisotopic (exact) mass is 457 g/mol. The molecule has 7 heteroatoms. The van der Waals surface area contributed by atoms with E-state index in [2.05, 4.69) is 29.0 Å². The van der Waals surface area contributed by atoms with Gasteiger partial charge in [0.1, 0.15) is 0 Å². The maximum Gasteiger partial charge on any atom is 0.208 e. The summed E-state index contributed by atoms with van der Waals surface area (Å²) in [5.74, 6) is 0. The quantitative estimate of drug-likeness (QED) is 0.562. The minimum atomic E-state index is -3.68. The van der Waals surface area contributed by atoms with Crippen LogP contribution in [-0.2, 0) is 9.84 Å². The number of halogens is 1. The highest BCUT2D eigenvalue weighted by molar-refractivity contribution is 7.91. The van der Waals surface area contributed by atoms with E-state index in [1.807, 2.05) is 13.0 Å². The Bertz CT molecular complexity index is 1200. The lowest BCUT2D eigenvalue weighted by atomic mass is 10.0. The number of pyridine rings is 1. The summed E-state index contributed by atoms with van der Waals surface area (Å²) >= 11 is 6.01. The molecule has 4 rings (SSSR count). The molecule has 0 spiro atoms. The second-order valence-electron chi connectivity index (χ2n) is 8.54. The van der Waals surface area contributed by atoms with Crippen molar-refractivity contribution in [2.75, 3.05) is 18.4 Å². The fourth-order valence-corrected chi connectivity index (χ4v) is 5.49. The highest BCUT2D eigenvalue weighted by atomic mass is 35.5. The van der Waals surface area contributed by atoms with Crippen molar-refractivity contribution in [1.29, 1.82) is 0 Å². The number of anilines is 1. The van der Waals surface area contributed by atoms with Crippen LogP contribution in [0.4, 0.5) is 5.69 Å². The third-order valence-electron chi connectivity index (χ3n) is 6.07. The zero-order valence-corrected chi connectivity index (χ0v) is 19.7. The van der Waals surface area contributed by atoms with Gasteiger partial charge in [-0.15, -0.1) is 0 Å². The van der Waals surface area contributed by atoms with Crippen LogP contribution in [-0.4, -0.2) is 43.5 Å². The number of nitrogens with zero attached hydrogens (tertiary/aromatic N) is 2. The lowest BCUT2D eigenvalue weighted by Crippen LogP contribution is -2.42. The first kappa shape index (κ1) is 22.1. The molecule has 2 aromatic carbocycles. The number of rotatable bonds is 5. The third kappa shape index (κ3) is 4.71. The molecule has 1 fully saturated rings. The first-order valence-corrected chi connectivity index (χ1v) is 12.5. The molecule has 1 saturated heterocycles. The number of likely N-dealkylation sites (tertiary alicyclic amines) is 1. The van der Waals surface area contributed by atoms with Gasteiger partial charge in [0.25, 0.3) is 0 Å².